The van der Waals surface area contributed by atoms with E-state index in [1.807, 2.05) is 0 Å². The number of nitrogens with zero attached hydrogens (tertiary/aromatic N) is 1. The molecule has 0 amide bonds. The second kappa shape index (κ2) is 9.28. The molecule has 0 heterocycles. The lowest BCUT2D eigenvalue weighted by Gasteiger charge is -2.10. The zero-order valence-electron chi connectivity index (χ0n) is 11.3. The molecule has 4 heteroatoms. The lowest BCUT2D eigenvalue weighted by molar-refractivity contribution is 0.130. The SMILES string of the molecule is CCCCOCCCN=C(NCC)NC1CC1. The molecule has 1 fully saturated rings. The summed E-state index contributed by atoms with van der Waals surface area (Å²) < 4.78 is 5.50. The minimum absolute atomic E-state index is 0.661. The number of hydrogen-bond donors (Lipinski definition) is 2. The maximum absolute atomic E-state index is 5.50. The summed E-state index contributed by atoms with van der Waals surface area (Å²) in [5.74, 6) is 0.962. The number of hydrogen-bond acceptors (Lipinski definition) is 2. The Morgan fingerprint density at radius 1 is 1.24 bits per heavy atom. The van der Waals surface area contributed by atoms with Gasteiger partial charge in [0, 0.05) is 32.3 Å². The number of unbranched alkanes of at least 4 members (excludes halogenated alkanes) is 1. The van der Waals surface area contributed by atoms with Crippen LogP contribution in [0.25, 0.3) is 0 Å². The molecule has 1 rings (SSSR count). The van der Waals surface area contributed by atoms with Crippen molar-refractivity contribution in [3.63, 3.8) is 0 Å². The van der Waals surface area contributed by atoms with Crippen LogP contribution in [-0.4, -0.2) is 38.3 Å². The van der Waals surface area contributed by atoms with Crippen molar-refractivity contribution in [2.45, 2.75) is 52.0 Å². The summed E-state index contributed by atoms with van der Waals surface area (Å²) in [7, 11) is 0. The molecule has 0 aromatic rings. The first-order valence-corrected chi connectivity index (χ1v) is 6.99. The van der Waals surface area contributed by atoms with Crippen molar-refractivity contribution in [3.8, 4) is 0 Å². The van der Waals surface area contributed by atoms with Gasteiger partial charge in [0.25, 0.3) is 0 Å². The molecule has 0 aromatic carbocycles. The van der Waals surface area contributed by atoms with Crippen molar-refractivity contribution in [1.29, 1.82) is 0 Å². The molecular formula is C13H27N3O. The van der Waals surface area contributed by atoms with Gasteiger partial charge in [-0.25, -0.2) is 0 Å². The van der Waals surface area contributed by atoms with Gasteiger partial charge in [0.2, 0.25) is 0 Å². The van der Waals surface area contributed by atoms with Crippen LogP contribution in [0.5, 0.6) is 0 Å². The minimum atomic E-state index is 0.661. The van der Waals surface area contributed by atoms with E-state index in [0.717, 1.165) is 45.1 Å². The zero-order chi connectivity index (χ0) is 12.3. The first kappa shape index (κ1) is 14.3. The molecule has 100 valence electrons. The summed E-state index contributed by atoms with van der Waals surface area (Å²) in [6.07, 6.45) is 5.93. The second-order valence-corrected chi connectivity index (χ2v) is 4.50. The predicted molar refractivity (Wildman–Crippen MR) is 72.5 cm³/mol. The number of rotatable bonds is 9. The summed E-state index contributed by atoms with van der Waals surface area (Å²) in [6.45, 7) is 7.75. The van der Waals surface area contributed by atoms with Crippen LogP contribution >= 0.6 is 0 Å². The Hall–Kier alpha value is -0.770. The maximum Gasteiger partial charge on any atom is 0.191 e. The van der Waals surface area contributed by atoms with Gasteiger partial charge in [0.15, 0.2) is 5.96 Å². The average molecular weight is 241 g/mol. The highest BCUT2D eigenvalue weighted by molar-refractivity contribution is 5.80. The summed E-state index contributed by atoms with van der Waals surface area (Å²) in [5, 5.41) is 6.66. The predicted octanol–water partition coefficient (Wildman–Crippen LogP) is 1.91. The number of aliphatic imine (C=N–C) groups is 1. The monoisotopic (exact) mass is 241 g/mol. The Bertz CT molecular complexity index is 215. The van der Waals surface area contributed by atoms with Crippen LogP contribution in [0.4, 0.5) is 0 Å². The van der Waals surface area contributed by atoms with E-state index >= 15 is 0 Å². The second-order valence-electron chi connectivity index (χ2n) is 4.50. The highest BCUT2D eigenvalue weighted by atomic mass is 16.5. The maximum atomic E-state index is 5.50. The van der Waals surface area contributed by atoms with E-state index in [9.17, 15) is 0 Å². The number of nitrogens with one attached hydrogen (secondary N) is 2. The molecule has 0 bridgehead atoms. The largest absolute Gasteiger partial charge is 0.381 e. The van der Waals surface area contributed by atoms with E-state index in [4.69, 9.17) is 4.74 Å². The number of guanidine groups is 1. The molecule has 0 spiro atoms. The zero-order valence-corrected chi connectivity index (χ0v) is 11.3. The first-order valence-electron chi connectivity index (χ1n) is 6.99. The molecule has 17 heavy (non-hydrogen) atoms. The van der Waals surface area contributed by atoms with Crippen molar-refractivity contribution in [2.24, 2.45) is 4.99 Å². The standard InChI is InChI=1S/C13H27N3O/c1-3-5-10-17-11-6-9-15-13(14-4-2)16-12-7-8-12/h12H,3-11H2,1-2H3,(H2,14,15,16). The van der Waals surface area contributed by atoms with E-state index in [2.05, 4.69) is 29.5 Å². The molecular weight excluding hydrogens is 214 g/mol. The summed E-state index contributed by atoms with van der Waals surface area (Å²) in [4.78, 5) is 4.53. The third kappa shape index (κ3) is 8.02. The normalized spacial score (nSPS) is 16.0. The quantitative estimate of drug-likeness (QED) is 0.368. The van der Waals surface area contributed by atoms with Gasteiger partial charge in [-0.2, -0.15) is 0 Å². The molecule has 1 aliphatic carbocycles. The van der Waals surface area contributed by atoms with Gasteiger partial charge >= 0.3 is 0 Å². The third-order valence-corrected chi connectivity index (χ3v) is 2.62. The molecule has 4 nitrogen and oxygen atoms in total. The summed E-state index contributed by atoms with van der Waals surface area (Å²) in [6, 6.07) is 0.661. The average Bonchev–Trinajstić information content (AvgIpc) is 3.12. The first-order chi connectivity index (χ1) is 8.36. The van der Waals surface area contributed by atoms with Crippen LogP contribution in [-0.2, 0) is 4.74 Å². The summed E-state index contributed by atoms with van der Waals surface area (Å²) in [5.41, 5.74) is 0. The topological polar surface area (TPSA) is 45.6 Å². The lowest BCUT2D eigenvalue weighted by atomic mass is 10.4. The van der Waals surface area contributed by atoms with Gasteiger partial charge in [0.05, 0.1) is 0 Å². The Kier molecular flexibility index (Phi) is 7.80. The Balaban J connectivity index is 2.02. The van der Waals surface area contributed by atoms with Crippen LogP contribution < -0.4 is 10.6 Å². The molecule has 0 atom stereocenters. The van der Waals surface area contributed by atoms with Crippen molar-refractivity contribution >= 4 is 5.96 Å². The van der Waals surface area contributed by atoms with Crippen LogP contribution in [0.2, 0.25) is 0 Å². The van der Waals surface area contributed by atoms with Gasteiger partial charge in [-0.15, -0.1) is 0 Å². The van der Waals surface area contributed by atoms with Gasteiger partial charge in [-0.05, 0) is 32.6 Å². The van der Waals surface area contributed by atoms with Crippen molar-refractivity contribution in [2.75, 3.05) is 26.3 Å². The van der Waals surface area contributed by atoms with Crippen LogP contribution in [0.3, 0.4) is 0 Å². The van der Waals surface area contributed by atoms with Gasteiger partial charge < -0.3 is 15.4 Å². The lowest BCUT2D eigenvalue weighted by Crippen LogP contribution is -2.38. The minimum Gasteiger partial charge on any atom is -0.381 e. The van der Waals surface area contributed by atoms with Crippen molar-refractivity contribution in [3.05, 3.63) is 0 Å². The summed E-state index contributed by atoms with van der Waals surface area (Å²) >= 11 is 0. The van der Waals surface area contributed by atoms with Crippen molar-refractivity contribution in [1.82, 2.24) is 10.6 Å². The molecule has 0 unspecified atom stereocenters. The molecule has 1 aliphatic rings. The fourth-order valence-electron chi connectivity index (χ4n) is 1.45. The molecule has 0 aliphatic heterocycles. The van der Waals surface area contributed by atoms with E-state index in [1.165, 1.54) is 19.3 Å². The highest BCUT2D eigenvalue weighted by Gasteiger charge is 2.21. The fraction of sp³-hybridized carbons (Fsp3) is 0.923. The molecule has 2 N–H and O–H groups in total. The third-order valence-electron chi connectivity index (χ3n) is 2.62. The molecule has 0 aromatic heterocycles. The van der Waals surface area contributed by atoms with Crippen LogP contribution in [0.1, 0.15) is 46.0 Å². The Morgan fingerprint density at radius 3 is 2.65 bits per heavy atom. The van der Waals surface area contributed by atoms with E-state index in [-0.39, 0.29) is 0 Å². The molecule has 1 saturated carbocycles. The van der Waals surface area contributed by atoms with E-state index in [1.54, 1.807) is 0 Å². The number of ether oxygens (including phenoxy) is 1. The van der Waals surface area contributed by atoms with Gasteiger partial charge in [-0.3, -0.25) is 4.99 Å². The molecule has 0 saturated heterocycles. The van der Waals surface area contributed by atoms with Gasteiger partial charge in [0.1, 0.15) is 0 Å². The van der Waals surface area contributed by atoms with E-state index < -0.39 is 0 Å². The fourth-order valence-corrected chi connectivity index (χ4v) is 1.45. The van der Waals surface area contributed by atoms with Crippen LogP contribution in [0, 0.1) is 0 Å². The molecule has 0 radical (unpaired) electrons. The highest BCUT2D eigenvalue weighted by Crippen LogP contribution is 2.18. The van der Waals surface area contributed by atoms with Crippen molar-refractivity contribution < 1.29 is 4.74 Å². The smallest absolute Gasteiger partial charge is 0.191 e. The Labute approximate surface area is 105 Å². The van der Waals surface area contributed by atoms with E-state index in [0.29, 0.717) is 6.04 Å². The van der Waals surface area contributed by atoms with Crippen LogP contribution in [0.15, 0.2) is 4.99 Å². The van der Waals surface area contributed by atoms with Gasteiger partial charge in [-0.1, -0.05) is 13.3 Å². The Morgan fingerprint density at radius 2 is 2.00 bits per heavy atom.